The molecule has 1 aromatic heterocycles. The molecule has 1 amide bonds. The van der Waals surface area contributed by atoms with E-state index in [1.165, 1.54) is 0 Å². The molecule has 1 aliphatic rings. The summed E-state index contributed by atoms with van der Waals surface area (Å²) in [5.74, 6) is 0.0704. The number of rotatable bonds is 4. The molecule has 1 saturated carbocycles. The largest absolute Gasteiger partial charge is 0.331 e. The number of nitrogens with zero attached hydrogens (tertiary/aromatic N) is 2. The van der Waals surface area contributed by atoms with Gasteiger partial charge in [0, 0.05) is 35.6 Å². The maximum atomic E-state index is 12.6. The fraction of sp³-hybridized carbons (Fsp3) is 0.250. The number of amides is 1. The second-order valence-corrected chi connectivity index (χ2v) is 5.46. The van der Waals surface area contributed by atoms with Crippen LogP contribution in [-0.2, 0) is 6.54 Å². The highest BCUT2D eigenvalue weighted by molar-refractivity contribution is 6.30. The van der Waals surface area contributed by atoms with Crippen molar-refractivity contribution >= 4 is 17.5 Å². The van der Waals surface area contributed by atoms with Crippen LogP contribution in [0.2, 0.25) is 5.02 Å². The van der Waals surface area contributed by atoms with E-state index in [2.05, 4.69) is 4.98 Å². The second kappa shape index (κ2) is 5.63. The minimum Gasteiger partial charge on any atom is -0.331 e. The molecular weight excluding hydrogens is 272 g/mol. The molecule has 1 aromatic carbocycles. The first-order chi connectivity index (χ1) is 9.74. The van der Waals surface area contributed by atoms with Crippen molar-refractivity contribution in [3.05, 3.63) is 64.9 Å². The number of halogens is 1. The molecule has 0 radical (unpaired) electrons. The van der Waals surface area contributed by atoms with Gasteiger partial charge in [0.25, 0.3) is 5.91 Å². The number of carbonyl (C=O) groups excluding carboxylic acids is 1. The Balaban J connectivity index is 1.80. The van der Waals surface area contributed by atoms with Crippen molar-refractivity contribution in [1.29, 1.82) is 0 Å². The van der Waals surface area contributed by atoms with Crippen LogP contribution in [0.3, 0.4) is 0 Å². The number of carbonyl (C=O) groups is 1. The molecule has 0 N–H and O–H groups in total. The minimum absolute atomic E-state index is 0.0704. The molecule has 20 heavy (non-hydrogen) atoms. The summed E-state index contributed by atoms with van der Waals surface area (Å²) in [4.78, 5) is 18.6. The van der Waals surface area contributed by atoms with E-state index in [4.69, 9.17) is 11.6 Å². The van der Waals surface area contributed by atoms with Gasteiger partial charge in [-0.05, 0) is 54.8 Å². The van der Waals surface area contributed by atoms with Crippen LogP contribution in [0.15, 0.2) is 48.8 Å². The third-order valence-electron chi connectivity index (χ3n) is 3.44. The Morgan fingerprint density at radius 2 is 1.80 bits per heavy atom. The first-order valence-corrected chi connectivity index (χ1v) is 7.07. The molecule has 0 spiro atoms. The summed E-state index contributed by atoms with van der Waals surface area (Å²) >= 11 is 5.87. The Morgan fingerprint density at radius 3 is 2.40 bits per heavy atom. The highest BCUT2D eigenvalue weighted by Crippen LogP contribution is 2.30. The molecule has 1 heterocycles. The standard InChI is InChI=1S/C16H15ClN2O/c17-14-3-1-13(2-4-14)16(20)19(15-5-6-15)11-12-7-9-18-10-8-12/h1-4,7-10,15H,5-6,11H2. The lowest BCUT2D eigenvalue weighted by Crippen LogP contribution is -2.32. The topological polar surface area (TPSA) is 33.2 Å². The van der Waals surface area contributed by atoms with Crippen LogP contribution in [-0.4, -0.2) is 21.8 Å². The Labute approximate surface area is 123 Å². The van der Waals surface area contributed by atoms with Gasteiger partial charge in [-0.25, -0.2) is 0 Å². The van der Waals surface area contributed by atoms with Crippen molar-refractivity contribution in [3.63, 3.8) is 0 Å². The molecule has 1 aliphatic carbocycles. The smallest absolute Gasteiger partial charge is 0.254 e. The molecule has 0 aliphatic heterocycles. The first-order valence-electron chi connectivity index (χ1n) is 6.69. The van der Waals surface area contributed by atoms with E-state index >= 15 is 0 Å². The average Bonchev–Trinajstić information content (AvgIpc) is 3.30. The second-order valence-electron chi connectivity index (χ2n) is 5.03. The van der Waals surface area contributed by atoms with Gasteiger partial charge in [0.2, 0.25) is 0 Å². The van der Waals surface area contributed by atoms with Crippen LogP contribution in [0.1, 0.15) is 28.8 Å². The summed E-state index contributed by atoms with van der Waals surface area (Å²) < 4.78 is 0. The van der Waals surface area contributed by atoms with Crippen molar-refractivity contribution in [2.45, 2.75) is 25.4 Å². The van der Waals surface area contributed by atoms with Gasteiger partial charge in [-0.15, -0.1) is 0 Å². The van der Waals surface area contributed by atoms with Gasteiger partial charge in [0.15, 0.2) is 0 Å². The number of hydrogen-bond donors (Lipinski definition) is 0. The normalized spacial score (nSPS) is 14.1. The zero-order valence-corrected chi connectivity index (χ0v) is 11.8. The summed E-state index contributed by atoms with van der Waals surface area (Å²) in [6.45, 7) is 0.634. The van der Waals surface area contributed by atoms with E-state index in [1.54, 1.807) is 36.7 Å². The average molecular weight is 287 g/mol. The van der Waals surface area contributed by atoms with Gasteiger partial charge in [-0.2, -0.15) is 0 Å². The van der Waals surface area contributed by atoms with Crippen LogP contribution < -0.4 is 0 Å². The highest BCUT2D eigenvalue weighted by atomic mass is 35.5. The summed E-state index contributed by atoms with van der Waals surface area (Å²) in [7, 11) is 0. The lowest BCUT2D eigenvalue weighted by molar-refractivity contribution is 0.0730. The zero-order chi connectivity index (χ0) is 13.9. The molecule has 0 saturated heterocycles. The van der Waals surface area contributed by atoms with Gasteiger partial charge in [-0.1, -0.05) is 11.6 Å². The third kappa shape index (κ3) is 2.99. The number of hydrogen-bond acceptors (Lipinski definition) is 2. The van der Waals surface area contributed by atoms with Gasteiger partial charge >= 0.3 is 0 Å². The molecule has 0 bridgehead atoms. The predicted molar refractivity (Wildman–Crippen MR) is 78.6 cm³/mol. The highest BCUT2D eigenvalue weighted by Gasteiger charge is 2.32. The Kier molecular flexibility index (Phi) is 3.70. The van der Waals surface area contributed by atoms with E-state index in [9.17, 15) is 4.79 Å². The number of aromatic nitrogens is 1. The lowest BCUT2D eigenvalue weighted by Gasteiger charge is -2.22. The van der Waals surface area contributed by atoms with E-state index in [-0.39, 0.29) is 5.91 Å². The van der Waals surface area contributed by atoms with Crippen LogP contribution in [0.25, 0.3) is 0 Å². The number of pyridine rings is 1. The predicted octanol–water partition coefficient (Wildman–Crippen LogP) is 3.54. The van der Waals surface area contributed by atoms with Crippen LogP contribution >= 0.6 is 11.6 Å². The molecule has 102 valence electrons. The van der Waals surface area contributed by atoms with Gasteiger partial charge < -0.3 is 4.90 Å². The fourth-order valence-corrected chi connectivity index (χ4v) is 2.32. The molecular formula is C16H15ClN2O. The van der Waals surface area contributed by atoms with Crippen molar-refractivity contribution in [1.82, 2.24) is 9.88 Å². The summed E-state index contributed by atoms with van der Waals surface area (Å²) in [5, 5.41) is 0.647. The monoisotopic (exact) mass is 286 g/mol. The van der Waals surface area contributed by atoms with Gasteiger partial charge in [0.05, 0.1) is 0 Å². The van der Waals surface area contributed by atoms with Crippen LogP contribution in [0.5, 0.6) is 0 Å². The molecule has 0 atom stereocenters. The fourth-order valence-electron chi connectivity index (χ4n) is 2.20. The lowest BCUT2D eigenvalue weighted by atomic mass is 10.1. The molecule has 2 aromatic rings. The number of benzene rings is 1. The maximum Gasteiger partial charge on any atom is 0.254 e. The van der Waals surface area contributed by atoms with Gasteiger partial charge in [-0.3, -0.25) is 9.78 Å². The minimum atomic E-state index is 0.0704. The van der Waals surface area contributed by atoms with E-state index in [0.29, 0.717) is 23.2 Å². The Bertz CT molecular complexity index is 594. The molecule has 0 unspecified atom stereocenters. The van der Waals surface area contributed by atoms with Crippen molar-refractivity contribution in [2.75, 3.05) is 0 Å². The van der Waals surface area contributed by atoms with E-state index in [1.807, 2.05) is 17.0 Å². The summed E-state index contributed by atoms with van der Waals surface area (Å²) in [5.41, 5.74) is 1.80. The van der Waals surface area contributed by atoms with Crippen molar-refractivity contribution in [3.8, 4) is 0 Å². The maximum absolute atomic E-state index is 12.6. The Morgan fingerprint density at radius 1 is 1.15 bits per heavy atom. The van der Waals surface area contributed by atoms with Crippen LogP contribution in [0, 0.1) is 0 Å². The van der Waals surface area contributed by atoms with Crippen molar-refractivity contribution in [2.24, 2.45) is 0 Å². The van der Waals surface area contributed by atoms with E-state index in [0.717, 1.165) is 18.4 Å². The third-order valence-corrected chi connectivity index (χ3v) is 3.69. The first kappa shape index (κ1) is 13.1. The van der Waals surface area contributed by atoms with Gasteiger partial charge in [0.1, 0.15) is 0 Å². The summed E-state index contributed by atoms with van der Waals surface area (Å²) in [6, 6.07) is 11.3. The summed E-state index contributed by atoms with van der Waals surface area (Å²) in [6.07, 6.45) is 5.69. The molecule has 4 heteroatoms. The van der Waals surface area contributed by atoms with Crippen LogP contribution in [0.4, 0.5) is 0 Å². The molecule has 1 fully saturated rings. The SMILES string of the molecule is O=C(c1ccc(Cl)cc1)N(Cc1ccncc1)C1CC1. The zero-order valence-electron chi connectivity index (χ0n) is 11.0. The Hall–Kier alpha value is -1.87. The molecule has 3 rings (SSSR count). The van der Waals surface area contributed by atoms with Crippen molar-refractivity contribution < 1.29 is 4.79 Å². The molecule has 3 nitrogen and oxygen atoms in total. The van der Waals surface area contributed by atoms with E-state index < -0.39 is 0 Å². The quantitative estimate of drug-likeness (QED) is 0.861.